The number of esters is 1. The Morgan fingerprint density at radius 1 is 1.67 bits per heavy atom. The Labute approximate surface area is 108 Å². The number of rotatable bonds is 5. The first-order valence-electron chi connectivity index (χ1n) is 5.35. The zero-order chi connectivity index (χ0) is 13.7. The lowest BCUT2D eigenvalue weighted by molar-refractivity contribution is 0.0602. The largest absolute Gasteiger partial charge is 0.465 e. The molecule has 18 heavy (non-hydrogen) atoms. The van der Waals surface area contributed by atoms with Crippen molar-refractivity contribution < 1.29 is 13.7 Å². The van der Waals surface area contributed by atoms with Crippen LogP contribution in [-0.2, 0) is 15.5 Å². The number of carbonyl (C=O) groups is 1. The van der Waals surface area contributed by atoms with Crippen LogP contribution in [0.25, 0.3) is 0 Å². The summed E-state index contributed by atoms with van der Waals surface area (Å²) in [5, 5.41) is 3.00. The molecule has 0 aliphatic rings. The van der Waals surface area contributed by atoms with Gasteiger partial charge in [-0.15, -0.1) is 0 Å². The number of anilines is 2. The minimum absolute atomic E-state index is 0.00840. The summed E-state index contributed by atoms with van der Waals surface area (Å²) in [6, 6.07) is 1.52. The molecule has 0 bridgehead atoms. The summed E-state index contributed by atoms with van der Waals surface area (Å²) in [5.41, 5.74) is 6.16. The van der Waals surface area contributed by atoms with Gasteiger partial charge in [0.1, 0.15) is 5.82 Å². The number of nitrogen functional groups attached to an aromatic ring is 1. The normalized spacial score (nSPS) is 13.7. The van der Waals surface area contributed by atoms with E-state index in [4.69, 9.17) is 5.73 Å². The number of aromatic nitrogens is 1. The van der Waals surface area contributed by atoms with E-state index in [0.29, 0.717) is 12.4 Å². The van der Waals surface area contributed by atoms with Crippen LogP contribution < -0.4 is 11.1 Å². The Kier molecular flexibility index (Phi) is 5.08. The number of methoxy groups -OCH3 is 1. The Morgan fingerprint density at radius 3 is 2.89 bits per heavy atom. The van der Waals surface area contributed by atoms with E-state index in [-0.39, 0.29) is 16.5 Å². The van der Waals surface area contributed by atoms with Crippen molar-refractivity contribution in [3.05, 3.63) is 17.8 Å². The molecule has 100 valence electrons. The van der Waals surface area contributed by atoms with Crippen molar-refractivity contribution in [2.24, 2.45) is 0 Å². The van der Waals surface area contributed by atoms with Crippen LogP contribution in [0.5, 0.6) is 0 Å². The average Bonchev–Trinajstić information content (AvgIpc) is 2.36. The number of carbonyl (C=O) groups excluding carboxylic acids is 1. The van der Waals surface area contributed by atoms with Crippen LogP contribution in [0, 0.1) is 0 Å². The fraction of sp³-hybridized carbons (Fsp3) is 0.455. The van der Waals surface area contributed by atoms with Crippen molar-refractivity contribution in [1.82, 2.24) is 4.98 Å². The molecule has 0 aliphatic heterocycles. The molecule has 3 N–H and O–H groups in total. The van der Waals surface area contributed by atoms with Gasteiger partial charge in [-0.05, 0) is 13.0 Å². The highest BCUT2D eigenvalue weighted by atomic mass is 32.2. The average molecular weight is 271 g/mol. The van der Waals surface area contributed by atoms with Gasteiger partial charge in [0.2, 0.25) is 0 Å². The Balaban J connectivity index is 2.79. The van der Waals surface area contributed by atoms with Gasteiger partial charge in [-0.3, -0.25) is 4.21 Å². The summed E-state index contributed by atoms with van der Waals surface area (Å²) in [6.07, 6.45) is 3.03. The van der Waals surface area contributed by atoms with Crippen molar-refractivity contribution in [3.8, 4) is 0 Å². The summed E-state index contributed by atoms with van der Waals surface area (Å²) in [7, 11) is 0.379. The number of nitrogens with zero attached hydrogens (tertiary/aromatic N) is 1. The van der Waals surface area contributed by atoms with E-state index in [1.165, 1.54) is 19.4 Å². The fourth-order valence-electron chi connectivity index (χ4n) is 1.22. The summed E-state index contributed by atoms with van der Waals surface area (Å²) in [4.78, 5) is 15.5. The van der Waals surface area contributed by atoms with E-state index in [1.54, 1.807) is 6.26 Å². The molecule has 1 aromatic rings. The van der Waals surface area contributed by atoms with E-state index in [9.17, 15) is 9.00 Å². The zero-order valence-electron chi connectivity index (χ0n) is 10.6. The van der Waals surface area contributed by atoms with E-state index in [1.807, 2.05) is 6.92 Å². The number of nitrogens with one attached hydrogen (secondary N) is 1. The number of nitrogens with two attached hydrogens (primary N) is 1. The van der Waals surface area contributed by atoms with Crippen LogP contribution in [-0.4, -0.2) is 40.3 Å². The molecular formula is C11H17N3O3S. The smallest absolute Gasteiger partial charge is 0.340 e. The molecule has 2 atom stereocenters. The van der Waals surface area contributed by atoms with E-state index in [2.05, 4.69) is 15.0 Å². The van der Waals surface area contributed by atoms with Gasteiger partial charge in [-0.2, -0.15) is 0 Å². The van der Waals surface area contributed by atoms with Crippen LogP contribution in [0.4, 0.5) is 11.5 Å². The van der Waals surface area contributed by atoms with E-state index >= 15 is 0 Å². The van der Waals surface area contributed by atoms with Crippen LogP contribution in [0.3, 0.4) is 0 Å². The maximum absolute atomic E-state index is 11.4. The highest BCUT2D eigenvalue weighted by Gasteiger charge is 2.12. The predicted octanol–water partition coefficient (Wildman–Crippen LogP) is 0.629. The lowest BCUT2D eigenvalue weighted by Crippen LogP contribution is -2.21. The molecule has 1 heterocycles. The molecule has 0 saturated heterocycles. The van der Waals surface area contributed by atoms with Crippen LogP contribution >= 0.6 is 0 Å². The van der Waals surface area contributed by atoms with Gasteiger partial charge in [-0.25, -0.2) is 9.78 Å². The maximum atomic E-state index is 11.4. The Bertz CT molecular complexity index is 465. The molecule has 0 aliphatic carbocycles. The summed E-state index contributed by atoms with van der Waals surface area (Å²) < 4.78 is 15.8. The Hall–Kier alpha value is -1.63. The van der Waals surface area contributed by atoms with Crippen LogP contribution in [0.1, 0.15) is 17.3 Å². The van der Waals surface area contributed by atoms with Gasteiger partial charge in [-0.1, -0.05) is 0 Å². The molecule has 0 radical (unpaired) electrons. The zero-order valence-corrected chi connectivity index (χ0v) is 11.4. The van der Waals surface area contributed by atoms with Crippen LogP contribution in [0.2, 0.25) is 0 Å². The van der Waals surface area contributed by atoms with Gasteiger partial charge in [0.25, 0.3) is 0 Å². The second-order valence-electron chi connectivity index (χ2n) is 3.84. The Morgan fingerprint density at radius 2 is 2.33 bits per heavy atom. The number of pyridine rings is 1. The second-order valence-corrected chi connectivity index (χ2v) is 5.64. The quantitative estimate of drug-likeness (QED) is 0.763. The number of ether oxygens (including phenoxy) is 1. The predicted molar refractivity (Wildman–Crippen MR) is 72.0 cm³/mol. The molecule has 6 nitrogen and oxygen atoms in total. The highest BCUT2D eigenvalue weighted by molar-refractivity contribution is 7.84. The van der Waals surface area contributed by atoms with Gasteiger partial charge in [0.15, 0.2) is 0 Å². The molecule has 0 spiro atoms. The van der Waals surface area contributed by atoms with Crippen molar-refractivity contribution in [1.29, 1.82) is 0 Å². The first-order valence-corrected chi connectivity index (χ1v) is 6.97. The minimum Gasteiger partial charge on any atom is -0.465 e. The molecule has 0 aromatic carbocycles. The number of hydrogen-bond donors (Lipinski definition) is 2. The molecular weight excluding hydrogens is 254 g/mol. The van der Waals surface area contributed by atoms with E-state index in [0.717, 1.165) is 0 Å². The molecule has 7 heteroatoms. The van der Waals surface area contributed by atoms with Gasteiger partial charge < -0.3 is 15.8 Å². The monoisotopic (exact) mass is 271 g/mol. The first-order chi connectivity index (χ1) is 8.45. The standard InChI is InChI=1S/C11H17N3O3S/c1-7(18(3)16)5-13-10-4-8(11(15)17-2)9(12)6-14-10/h4,6-7H,5,12H2,1-3H3,(H,13,14). The SMILES string of the molecule is COC(=O)c1cc(NCC(C)S(C)=O)ncc1N. The van der Waals surface area contributed by atoms with Crippen LogP contribution in [0.15, 0.2) is 12.3 Å². The number of hydrogen-bond acceptors (Lipinski definition) is 6. The molecule has 2 unspecified atom stereocenters. The molecule has 1 rings (SSSR count). The van der Waals surface area contributed by atoms with Crippen molar-refractivity contribution in [3.63, 3.8) is 0 Å². The molecule has 0 amide bonds. The fourth-order valence-corrected chi connectivity index (χ4v) is 1.53. The summed E-state index contributed by atoms with van der Waals surface area (Å²) in [6.45, 7) is 2.36. The maximum Gasteiger partial charge on any atom is 0.340 e. The van der Waals surface area contributed by atoms with Gasteiger partial charge in [0.05, 0.1) is 24.6 Å². The summed E-state index contributed by atoms with van der Waals surface area (Å²) in [5.74, 6) is -0.00744. The third kappa shape index (κ3) is 3.69. The third-order valence-electron chi connectivity index (χ3n) is 2.48. The van der Waals surface area contributed by atoms with Crippen molar-refractivity contribution in [2.75, 3.05) is 31.0 Å². The van der Waals surface area contributed by atoms with Crippen molar-refractivity contribution >= 4 is 28.3 Å². The first kappa shape index (κ1) is 14.4. The topological polar surface area (TPSA) is 94.3 Å². The lowest BCUT2D eigenvalue weighted by atomic mass is 10.2. The molecule has 0 saturated carbocycles. The van der Waals surface area contributed by atoms with Gasteiger partial charge in [0, 0.05) is 28.9 Å². The highest BCUT2D eigenvalue weighted by Crippen LogP contribution is 2.15. The minimum atomic E-state index is -0.911. The van der Waals surface area contributed by atoms with Crippen molar-refractivity contribution in [2.45, 2.75) is 12.2 Å². The summed E-state index contributed by atoms with van der Waals surface area (Å²) >= 11 is 0. The van der Waals surface area contributed by atoms with E-state index < -0.39 is 16.8 Å². The molecule has 0 fully saturated rings. The third-order valence-corrected chi connectivity index (χ3v) is 3.78. The second kappa shape index (κ2) is 6.34. The van der Waals surface area contributed by atoms with Gasteiger partial charge >= 0.3 is 5.97 Å². The molecule has 1 aromatic heterocycles. The lowest BCUT2D eigenvalue weighted by Gasteiger charge is -2.11.